The molecule has 3 heterocycles. The Morgan fingerprint density at radius 3 is 2.19 bits per heavy atom. The van der Waals surface area contributed by atoms with Crippen molar-refractivity contribution in [1.29, 1.82) is 0 Å². The van der Waals surface area contributed by atoms with Crippen molar-refractivity contribution < 1.29 is 17.6 Å². The van der Waals surface area contributed by atoms with Gasteiger partial charge in [-0.15, -0.1) is 11.3 Å². The van der Waals surface area contributed by atoms with Gasteiger partial charge < -0.3 is 9.47 Å². The first kappa shape index (κ1) is 21.7. The number of halogens is 1. The van der Waals surface area contributed by atoms with Crippen molar-refractivity contribution in [2.75, 3.05) is 26.2 Å². The number of carbonyl (C=O) groups excluding carboxylic acids is 1. The van der Waals surface area contributed by atoms with Crippen LogP contribution in [0.25, 0.3) is 5.69 Å². The zero-order chi connectivity index (χ0) is 22.3. The highest BCUT2D eigenvalue weighted by molar-refractivity contribution is 7.91. The third kappa shape index (κ3) is 4.05. The van der Waals surface area contributed by atoms with E-state index in [0.717, 1.165) is 22.0 Å². The van der Waals surface area contributed by atoms with Crippen LogP contribution in [0, 0.1) is 26.6 Å². The molecule has 164 valence electrons. The fourth-order valence-electron chi connectivity index (χ4n) is 3.95. The van der Waals surface area contributed by atoms with Crippen LogP contribution in [-0.4, -0.2) is 54.3 Å². The molecular formula is C22H24FN3O3S2. The third-order valence-electron chi connectivity index (χ3n) is 5.58. The Hall–Kier alpha value is -2.49. The smallest absolute Gasteiger partial charge is 0.255 e. The van der Waals surface area contributed by atoms with Gasteiger partial charge in [-0.05, 0) is 63.2 Å². The SMILES string of the molecule is Cc1ccc(S(=O)(=O)N2CCN(C(=O)c3cc(C)n(-c4ccc(F)cc4)c3C)CC2)s1. The lowest BCUT2D eigenvalue weighted by Gasteiger charge is -2.33. The zero-order valence-corrected chi connectivity index (χ0v) is 19.3. The van der Waals surface area contributed by atoms with Crippen LogP contribution in [0.15, 0.2) is 46.7 Å². The van der Waals surface area contributed by atoms with Gasteiger partial charge in [0, 0.05) is 48.1 Å². The lowest BCUT2D eigenvalue weighted by atomic mass is 10.2. The molecule has 0 aliphatic carbocycles. The third-order valence-corrected chi connectivity index (χ3v) is 8.95. The highest BCUT2D eigenvalue weighted by Gasteiger charge is 2.32. The summed E-state index contributed by atoms with van der Waals surface area (Å²) in [5.74, 6) is -0.432. The summed E-state index contributed by atoms with van der Waals surface area (Å²) >= 11 is 1.26. The van der Waals surface area contributed by atoms with Gasteiger partial charge in [0.05, 0.1) is 5.56 Å². The number of piperazine rings is 1. The number of carbonyl (C=O) groups is 1. The average molecular weight is 462 g/mol. The minimum atomic E-state index is -3.53. The molecule has 0 unspecified atom stereocenters. The van der Waals surface area contributed by atoms with Crippen LogP contribution in [0.1, 0.15) is 26.6 Å². The normalized spacial score (nSPS) is 15.4. The number of aromatic nitrogens is 1. The molecule has 6 nitrogen and oxygen atoms in total. The first-order valence-electron chi connectivity index (χ1n) is 9.99. The Morgan fingerprint density at radius 2 is 1.61 bits per heavy atom. The van der Waals surface area contributed by atoms with Crippen LogP contribution in [0.3, 0.4) is 0 Å². The number of rotatable bonds is 4. The number of hydrogen-bond donors (Lipinski definition) is 0. The van der Waals surface area contributed by atoms with E-state index in [1.165, 1.54) is 27.8 Å². The van der Waals surface area contributed by atoms with Gasteiger partial charge in [0.15, 0.2) is 0 Å². The maximum atomic E-state index is 13.3. The highest BCUT2D eigenvalue weighted by Crippen LogP contribution is 2.26. The molecule has 1 amide bonds. The molecule has 0 spiro atoms. The predicted octanol–water partition coefficient (Wildman–Crippen LogP) is 3.75. The van der Waals surface area contributed by atoms with Crippen molar-refractivity contribution in [2.45, 2.75) is 25.0 Å². The fraction of sp³-hybridized carbons (Fsp3) is 0.318. The lowest BCUT2D eigenvalue weighted by Crippen LogP contribution is -2.50. The molecule has 1 saturated heterocycles. The van der Waals surface area contributed by atoms with E-state index in [2.05, 4.69) is 0 Å². The Morgan fingerprint density at radius 1 is 0.968 bits per heavy atom. The second kappa shape index (κ2) is 8.22. The Labute approximate surface area is 185 Å². The van der Waals surface area contributed by atoms with Crippen molar-refractivity contribution in [3.63, 3.8) is 0 Å². The molecular weight excluding hydrogens is 437 g/mol. The molecule has 4 rings (SSSR count). The van der Waals surface area contributed by atoms with E-state index in [0.29, 0.717) is 22.9 Å². The van der Waals surface area contributed by atoms with Gasteiger partial charge in [0.2, 0.25) is 0 Å². The summed E-state index contributed by atoms with van der Waals surface area (Å²) in [7, 11) is -3.53. The fourth-order valence-corrected chi connectivity index (χ4v) is 6.81. The quantitative estimate of drug-likeness (QED) is 0.595. The van der Waals surface area contributed by atoms with Crippen LogP contribution in [0.5, 0.6) is 0 Å². The molecule has 0 saturated carbocycles. The topological polar surface area (TPSA) is 62.6 Å². The molecule has 1 fully saturated rings. The maximum Gasteiger partial charge on any atom is 0.255 e. The molecule has 0 N–H and O–H groups in total. The first-order valence-corrected chi connectivity index (χ1v) is 12.2. The largest absolute Gasteiger partial charge is 0.336 e. The molecule has 9 heteroatoms. The molecule has 1 aliphatic heterocycles. The van der Waals surface area contributed by atoms with E-state index in [-0.39, 0.29) is 24.8 Å². The maximum absolute atomic E-state index is 13.3. The summed E-state index contributed by atoms with van der Waals surface area (Å²) < 4.78 is 42.7. The highest BCUT2D eigenvalue weighted by atomic mass is 32.2. The Bertz CT molecular complexity index is 1220. The van der Waals surface area contributed by atoms with Crippen LogP contribution in [-0.2, 0) is 10.0 Å². The van der Waals surface area contributed by atoms with Gasteiger partial charge in [0.25, 0.3) is 15.9 Å². The number of aryl methyl sites for hydroxylation is 2. The predicted molar refractivity (Wildman–Crippen MR) is 119 cm³/mol. The van der Waals surface area contributed by atoms with Crippen LogP contribution in [0.4, 0.5) is 4.39 Å². The molecule has 0 bridgehead atoms. The van der Waals surface area contributed by atoms with Crippen molar-refractivity contribution in [3.05, 3.63) is 70.1 Å². The number of nitrogens with zero attached hydrogens (tertiary/aromatic N) is 3. The van der Waals surface area contributed by atoms with Crippen molar-refractivity contribution in [3.8, 4) is 5.69 Å². The minimum absolute atomic E-state index is 0.120. The van der Waals surface area contributed by atoms with Crippen molar-refractivity contribution >= 4 is 27.3 Å². The molecule has 2 aromatic heterocycles. The molecule has 1 aliphatic rings. The van der Waals surface area contributed by atoms with E-state index in [1.807, 2.05) is 31.4 Å². The van der Waals surface area contributed by atoms with Crippen LogP contribution < -0.4 is 0 Å². The van der Waals surface area contributed by atoms with Gasteiger partial charge in [-0.25, -0.2) is 12.8 Å². The summed E-state index contributed by atoms with van der Waals surface area (Å²) in [5.41, 5.74) is 3.02. The number of benzene rings is 1. The van der Waals surface area contributed by atoms with E-state index in [1.54, 1.807) is 29.2 Å². The second-order valence-corrected chi connectivity index (χ2v) is 11.1. The zero-order valence-electron chi connectivity index (χ0n) is 17.6. The number of sulfonamides is 1. The lowest BCUT2D eigenvalue weighted by molar-refractivity contribution is 0.0697. The van der Waals surface area contributed by atoms with Crippen molar-refractivity contribution in [1.82, 2.24) is 13.8 Å². The van der Waals surface area contributed by atoms with E-state index in [9.17, 15) is 17.6 Å². The number of thiophene rings is 1. The summed E-state index contributed by atoms with van der Waals surface area (Å²) in [6.45, 7) is 6.85. The summed E-state index contributed by atoms with van der Waals surface area (Å²) in [6, 6.07) is 11.4. The van der Waals surface area contributed by atoms with Gasteiger partial charge >= 0.3 is 0 Å². The Kier molecular flexibility index (Phi) is 5.76. The second-order valence-electron chi connectivity index (χ2n) is 7.66. The van der Waals surface area contributed by atoms with Gasteiger partial charge in [-0.1, -0.05) is 0 Å². The van der Waals surface area contributed by atoms with E-state index < -0.39 is 10.0 Å². The number of amides is 1. The molecule has 3 aromatic rings. The van der Waals surface area contributed by atoms with Crippen LogP contribution in [0.2, 0.25) is 0 Å². The molecule has 1 aromatic carbocycles. The summed E-state index contributed by atoms with van der Waals surface area (Å²) in [5, 5.41) is 0. The summed E-state index contributed by atoms with van der Waals surface area (Å²) in [4.78, 5) is 15.8. The molecule has 0 atom stereocenters. The molecule has 31 heavy (non-hydrogen) atoms. The standard InChI is InChI=1S/C22H24FN3O3S2/c1-15-14-20(17(3)26(15)19-7-5-18(23)6-8-19)22(27)24-10-12-25(13-11-24)31(28,29)21-9-4-16(2)30-21/h4-9,14H,10-13H2,1-3H3. The monoisotopic (exact) mass is 461 g/mol. The van der Waals surface area contributed by atoms with E-state index in [4.69, 9.17) is 0 Å². The Balaban J connectivity index is 1.51. The van der Waals surface area contributed by atoms with Gasteiger partial charge in [-0.2, -0.15) is 4.31 Å². The van der Waals surface area contributed by atoms with E-state index >= 15 is 0 Å². The molecule has 0 radical (unpaired) electrons. The summed E-state index contributed by atoms with van der Waals surface area (Å²) in [6.07, 6.45) is 0. The minimum Gasteiger partial charge on any atom is -0.336 e. The average Bonchev–Trinajstić information content (AvgIpc) is 3.32. The van der Waals surface area contributed by atoms with Gasteiger partial charge in [0.1, 0.15) is 10.0 Å². The number of hydrogen-bond acceptors (Lipinski definition) is 4. The van der Waals surface area contributed by atoms with Gasteiger partial charge in [-0.3, -0.25) is 4.79 Å². The first-order chi connectivity index (χ1) is 14.7. The van der Waals surface area contributed by atoms with Crippen molar-refractivity contribution in [2.24, 2.45) is 0 Å². The van der Waals surface area contributed by atoms with Crippen LogP contribution >= 0.6 is 11.3 Å².